The fourth-order valence-electron chi connectivity index (χ4n) is 4.98. The third-order valence-corrected chi connectivity index (χ3v) is 11.2. The molecule has 1 saturated heterocycles. The molecular formula is C25H42O3S. The van der Waals surface area contributed by atoms with Crippen molar-refractivity contribution < 1.29 is 13.7 Å². The minimum Gasteiger partial charge on any atom is -0.462 e. The molecule has 0 aromatic rings. The highest BCUT2D eigenvalue weighted by atomic mass is 32.3. The summed E-state index contributed by atoms with van der Waals surface area (Å²) in [4.78, 5) is 12.3. The van der Waals surface area contributed by atoms with Crippen molar-refractivity contribution in [1.29, 1.82) is 0 Å². The van der Waals surface area contributed by atoms with Gasteiger partial charge in [-0.15, -0.1) is 10.3 Å². The van der Waals surface area contributed by atoms with Crippen LogP contribution in [0.1, 0.15) is 73.1 Å². The molecule has 0 spiro atoms. The number of fused-ring (bicyclic) bond motifs is 1. The fraction of sp³-hybridized carbons (Fsp3) is 0.800. The first-order valence-corrected chi connectivity index (χ1v) is 13.8. The van der Waals surface area contributed by atoms with Crippen LogP contribution >= 0.6 is 10.3 Å². The van der Waals surface area contributed by atoms with Gasteiger partial charge in [-0.3, -0.25) is 4.79 Å². The van der Waals surface area contributed by atoms with Crippen LogP contribution in [0.3, 0.4) is 0 Å². The first kappa shape index (κ1) is 22.9. The van der Waals surface area contributed by atoms with Gasteiger partial charge in [0.05, 0.1) is 12.5 Å². The van der Waals surface area contributed by atoms with E-state index in [4.69, 9.17) is 8.92 Å². The number of hydrogen-bond acceptors (Lipinski definition) is 3. The average Bonchev–Trinajstić information content (AvgIpc) is 2.59. The molecule has 1 heterocycles. The number of esters is 1. The van der Waals surface area contributed by atoms with E-state index in [2.05, 4.69) is 65.4 Å². The number of cyclic esters (lactones) is 1. The Bertz CT molecular complexity index is 657. The van der Waals surface area contributed by atoms with Gasteiger partial charge in [0.1, 0.15) is 6.10 Å². The second-order valence-electron chi connectivity index (χ2n) is 10.9. The predicted molar refractivity (Wildman–Crippen MR) is 124 cm³/mol. The zero-order valence-electron chi connectivity index (χ0n) is 19.6. The van der Waals surface area contributed by atoms with Crippen LogP contribution in [-0.2, 0) is 13.7 Å². The van der Waals surface area contributed by atoms with Crippen molar-refractivity contribution in [3.63, 3.8) is 0 Å². The molecule has 0 N–H and O–H groups in total. The zero-order valence-corrected chi connectivity index (χ0v) is 20.4. The van der Waals surface area contributed by atoms with E-state index in [1.807, 2.05) is 0 Å². The molecule has 29 heavy (non-hydrogen) atoms. The maximum atomic E-state index is 12.3. The molecule has 3 aliphatic rings. The van der Waals surface area contributed by atoms with Gasteiger partial charge in [-0.25, -0.2) is 0 Å². The summed E-state index contributed by atoms with van der Waals surface area (Å²) in [5, 5.41) is 0. The molecule has 1 unspecified atom stereocenters. The highest BCUT2D eigenvalue weighted by Gasteiger charge is 2.38. The molecule has 6 atom stereocenters. The second kappa shape index (κ2) is 8.78. The maximum Gasteiger partial charge on any atom is 0.308 e. The Hall–Kier alpha value is -0.740. The fourth-order valence-corrected chi connectivity index (χ4v) is 6.09. The number of carbonyl (C=O) groups excluding carboxylic acids is 1. The number of carbonyl (C=O) groups is 1. The zero-order chi connectivity index (χ0) is 21.4. The number of allylic oxidation sites excluding steroid dienone is 4. The third kappa shape index (κ3) is 5.50. The van der Waals surface area contributed by atoms with Crippen LogP contribution in [0.25, 0.3) is 0 Å². The van der Waals surface area contributed by atoms with E-state index in [0.717, 1.165) is 19.3 Å². The SMILES string of the molecule is C[C@H]1C=C2C=C[C@H](C)[C@H](CC[C@@H]3CC(OS(C)(C)C(C)(C)C)CC(=O)O3)[C@H]2CC1. The topological polar surface area (TPSA) is 35.5 Å². The van der Waals surface area contributed by atoms with Crippen molar-refractivity contribution in [3.8, 4) is 0 Å². The number of rotatable bonds is 5. The van der Waals surface area contributed by atoms with Crippen LogP contribution < -0.4 is 0 Å². The molecule has 0 amide bonds. The van der Waals surface area contributed by atoms with E-state index in [-0.39, 0.29) is 22.9 Å². The summed E-state index contributed by atoms with van der Waals surface area (Å²) in [6.45, 7) is 11.4. The molecule has 0 aromatic carbocycles. The average molecular weight is 423 g/mol. The Morgan fingerprint density at radius 3 is 2.59 bits per heavy atom. The van der Waals surface area contributed by atoms with E-state index in [1.54, 1.807) is 5.57 Å². The first-order valence-electron chi connectivity index (χ1n) is 11.5. The van der Waals surface area contributed by atoms with Gasteiger partial charge >= 0.3 is 5.97 Å². The smallest absolute Gasteiger partial charge is 0.308 e. The van der Waals surface area contributed by atoms with Gasteiger partial charge in [0, 0.05) is 11.2 Å². The highest BCUT2D eigenvalue weighted by molar-refractivity contribution is 8.29. The van der Waals surface area contributed by atoms with Crippen molar-refractivity contribution in [2.75, 3.05) is 12.5 Å². The van der Waals surface area contributed by atoms with E-state index < -0.39 is 10.3 Å². The van der Waals surface area contributed by atoms with E-state index in [0.29, 0.717) is 30.1 Å². The lowest BCUT2D eigenvalue weighted by molar-refractivity contribution is -0.159. The maximum absolute atomic E-state index is 12.3. The molecule has 1 fully saturated rings. The van der Waals surface area contributed by atoms with Crippen LogP contribution in [0, 0.1) is 23.7 Å². The molecule has 166 valence electrons. The van der Waals surface area contributed by atoms with Crippen LogP contribution in [0.2, 0.25) is 0 Å². The summed E-state index contributed by atoms with van der Waals surface area (Å²) in [5.74, 6) is 2.56. The van der Waals surface area contributed by atoms with Crippen molar-refractivity contribution >= 4 is 16.3 Å². The first-order chi connectivity index (χ1) is 13.5. The van der Waals surface area contributed by atoms with Crippen molar-refractivity contribution in [1.82, 2.24) is 0 Å². The Kier molecular flexibility index (Phi) is 6.95. The van der Waals surface area contributed by atoms with Crippen LogP contribution in [0.5, 0.6) is 0 Å². The van der Waals surface area contributed by atoms with Crippen molar-refractivity contribution in [3.05, 3.63) is 23.8 Å². The van der Waals surface area contributed by atoms with Gasteiger partial charge in [-0.2, -0.15) is 0 Å². The van der Waals surface area contributed by atoms with Crippen LogP contribution in [0.15, 0.2) is 23.8 Å². The molecule has 3 nitrogen and oxygen atoms in total. The normalized spacial score (nSPS) is 36.2. The largest absolute Gasteiger partial charge is 0.462 e. The Morgan fingerprint density at radius 2 is 1.90 bits per heavy atom. The van der Waals surface area contributed by atoms with E-state index in [1.165, 1.54) is 12.8 Å². The summed E-state index contributed by atoms with van der Waals surface area (Å²) in [6, 6.07) is 0. The summed E-state index contributed by atoms with van der Waals surface area (Å²) in [5.41, 5.74) is 1.55. The molecule has 3 rings (SSSR count). The Labute approximate surface area is 180 Å². The summed E-state index contributed by atoms with van der Waals surface area (Å²) in [7, 11) is -1.23. The van der Waals surface area contributed by atoms with Gasteiger partial charge in [0.2, 0.25) is 0 Å². The van der Waals surface area contributed by atoms with E-state index >= 15 is 0 Å². The summed E-state index contributed by atoms with van der Waals surface area (Å²) < 4.78 is 12.4. The lowest BCUT2D eigenvalue weighted by Gasteiger charge is -2.47. The summed E-state index contributed by atoms with van der Waals surface area (Å²) >= 11 is 0. The predicted octanol–water partition coefficient (Wildman–Crippen LogP) is 6.43. The number of ether oxygens (including phenoxy) is 1. The Morgan fingerprint density at radius 1 is 1.17 bits per heavy atom. The van der Waals surface area contributed by atoms with Gasteiger partial charge < -0.3 is 8.92 Å². The minimum absolute atomic E-state index is 0.000127. The number of hydrogen-bond donors (Lipinski definition) is 0. The van der Waals surface area contributed by atoms with Crippen molar-refractivity contribution in [2.24, 2.45) is 23.7 Å². The lowest BCUT2D eigenvalue weighted by atomic mass is 9.66. The molecule has 1 aliphatic heterocycles. The standard InChI is InChI=1S/C25H42O3S/c1-17-8-12-23-19(14-17)10-9-18(2)22(23)13-11-20-15-21(16-24(26)27-20)28-29(6,7)25(3,4)5/h9-10,14,17-18,20-23H,8,11-13,15-16H2,1-7H3/t17-,18+,20-,21?,22+,23+/m1/s1. The third-order valence-electron chi connectivity index (χ3n) is 7.51. The molecular weight excluding hydrogens is 380 g/mol. The van der Waals surface area contributed by atoms with Gasteiger partial charge in [0.15, 0.2) is 0 Å². The molecule has 0 saturated carbocycles. The van der Waals surface area contributed by atoms with Crippen LogP contribution in [0.4, 0.5) is 0 Å². The van der Waals surface area contributed by atoms with E-state index in [9.17, 15) is 4.79 Å². The molecule has 4 heteroatoms. The quantitative estimate of drug-likeness (QED) is 0.479. The molecule has 0 aromatic heterocycles. The van der Waals surface area contributed by atoms with Gasteiger partial charge in [-0.1, -0.05) is 52.8 Å². The Balaban J connectivity index is 1.61. The van der Waals surface area contributed by atoms with Crippen molar-refractivity contribution in [2.45, 2.75) is 90.1 Å². The van der Waals surface area contributed by atoms with Crippen LogP contribution in [-0.4, -0.2) is 35.4 Å². The molecule has 0 radical (unpaired) electrons. The summed E-state index contributed by atoms with van der Waals surface area (Å²) in [6.07, 6.45) is 17.6. The lowest BCUT2D eigenvalue weighted by Crippen LogP contribution is -2.38. The van der Waals surface area contributed by atoms with Gasteiger partial charge in [-0.05, 0) is 67.4 Å². The minimum atomic E-state index is -1.23. The second-order valence-corrected chi connectivity index (χ2v) is 14.8. The molecule has 2 aliphatic carbocycles. The van der Waals surface area contributed by atoms with Gasteiger partial charge in [0.25, 0.3) is 0 Å². The highest BCUT2D eigenvalue weighted by Crippen LogP contribution is 2.55. The molecule has 0 bridgehead atoms. The monoisotopic (exact) mass is 422 g/mol.